The van der Waals surface area contributed by atoms with Crippen LogP contribution in [-0.2, 0) is 12.3 Å². The van der Waals surface area contributed by atoms with E-state index in [0.29, 0.717) is 11.3 Å². The summed E-state index contributed by atoms with van der Waals surface area (Å²) < 4.78 is 2.95. The van der Waals surface area contributed by atoms with Crippen molar-refractivity contribution >= 4 is 30.3 Å². The molecule has 0 aliphatic rings. The van der Waals surface area contributed by atoms with E-state index in [4.69, 9.17) is 0 Å². The Morgan fingerprint density at radius 3 is 2.44 bits per heavy atom. The van der Waals surface area contributed by atoms with E-state index in [2.05, 4.69) is 68.7 Å². The number of hydrogen-bond donors (Lipinski definition) is 3. The lowest BCUT2D eigenvalue weighted by Crippen LogP contribution is -2.11. The van der Waals surface area contributed by atoms with E-state index in [-0.39, 0.29) is 0 Å². The van der Waals surface area contributed by atoms with Crippen LogP contribution in [0.15, 0.2) is 18.2 Å². The number of thiol groups is 1. The second kappa shape index (κ2) is 7.97. The molecule has 0 unspecified atom stereocenters. The van der Waals surface area contributed by atoms with Gasteiger partial charge in [0.2, 0.25) is 0 Å². The van der Waals surface area contributed by atoms with Gasteiger partial charge in [-0.25, -0.2) is 0 Å². The standard InChI is InChI=1S/C14H24N2S2/c1-10(2)16-14-6-5-12(9-18-11(3)4)13(7-14)8-15-17/h5-7,10-11,15-17H,8-9H2,1-4H3. The summed E-state index contributed by atoms with van der Waals surface area (Å²) in [6.07, 6.45) is 0. The molecule has 0 saturated heterocycles. The molecule has 0 radical (unpaired) electrons. The number of benzene rings is 1. The molecule has 2 nitrogen and oxygen atoms in total. The van der Waals surface area contributed by atoms with Gasteiger partial charge in [-0.3, -0.25) is 4.72 Å². The molecule has 1 rings (SSSR count). The molecule has 0 atom stereocenters. The number of thioether (sulfide) groups is 1. The van der Waals surface area contributed by atoms with Gasteiger partial charge in [-0.1, -0.05) is 32.7 Å². The topological polar surface area (TPSA) is 24.1 Å². The number of nitrogens with one attached hydrogen (secondary N) is 2. The molecule has 2 N–H and O–H groups in total. The van der Waals surface area contributed by atoms with Crippen LogP contribution in [0.3, 0.4) is 0 Å². The molecule has 18 heavy (non-hydrogen) atoms. The Bertz CT molecular complexity index is 365. The predicted molar refractivity (Wildman–Crippen MR) is 87.5 cm³/mol. The van der Waals surface area contributed by atoms with Crippen molar-refractivity contribution in [1.29, 1.82) is 0 Å². The van der Waals surface area contributed by atoms with E-state index in [9.17, 15) is 0 Å². The van der Waals surface area contributed by atoms with Crippen LogP contribution in [0.1, 0.15) is 38.8 Å². The second-order valence-electron chi connectivity index (χ2n) is 4.98. The summed E-state index contributed by atoms with van der Waals surface area (Å²) in [5.41, 5.74) is 3.90. The molecule has 0 spiro atoms. The largest absolute Gasteiger partial charge is 0.383 e. The van der Waals surface area contributed by atoms with E-state index in [1.807, 2.05) is 11.8 Å². The van der Waals surface area contributed by atoms with E-state index in [1.165, 1.54) is 16.8 Å². The molecule has 0 aliphatic carbocycles. The summed E-state index contributed by atoms with van der Waals surface area (Å²) in [7, 11) is 0. The van der Waals surface area contributed by atoms with Crippen molar-refractivity contribution in [3.63, 3.8) is 0 Å². The highest BCUT2D eigenvalue weighted by Crippen LogP contribution is 2.23. The van der Waals surface area contributed by atoms with Gasteiger partial charge in [-0.2, -0.15) is 11.8 Å². The lowest BCUT2D eigenvalue weighted by Gasteiger charge is -2.15. The summed E-state index contributed by atoms with van der Waals surface area (Å²) in [5.74, 6) is 1.06. The second-order valence-corrected chi connectivity index (χ2v) is 6.86. The number of anilines is 1. The first kappa shape index (κ1) is 15.7. The minimum absolute atomic E-state index is 0.456. The molecule has 0 amide bonds. The van der Waals surface area contributed by atoms with Crippen LogP contribution in [0.25, 0.3) is 0 Å². The minimum Gasteiger partial charge on any atom is -0.383 e. The Hall–Kier alpha value is -0.320. The average Bonchev–Trinajstić information content (AvgIpc) is 2.27. The van der Waals surface area contributed by atoms with Gasteiger partial charge in [0.05, 0.1) is 0 Å². The summed E-state index contributed by atoms with van der Waals surface area (Å²) in [5, 5.41) is 4.10. The third-order valence-electron chi connectivity index (χ3n) is 2.50. The van der Waals surface area contributed by atoms with Gasteiger partial charge in [0.15, 0.2) is 0 Å². The van der Waals surface area contributed by atoms with Crippen molar-refractivity contribution in [1.82, 2.24) is 4.72 Å². The van der Waals surface area contributed by atoms with Crippen molar-refractivity contribution in [2.45, 2.75) is 51.3 Å². The third kappa shape index (κ3) is 5.55. The van der Waals surface area contributed by atoms with Crippen LogP contribution < -0.4 is 10.0 Å². The van der Waals surface area contributed by atoms with E-state index < -0.39 is 0 Å². The highest BCUT2D eigenvalue weighted by Gasteiger charge is 2.06. The third-order valence-corrected chi connectivity index (χ3v) is 3.81. The Morgan fingerprint density at radius 2 is 1.89 bits per heavy atom. The first-order valence-electron chi connectivity index (χ1n) is 6.39. The van der Waals surface area contributed by atoms with Crippen LogP contribution in [-0.4, -0.2) is 11.3 Å². The molecule has 102 valence electrons. The Morgan fingerprint density at radius 1 is 1.17 bits per heavy atom. The zero-order valence-electron chi connectivity index (χ0n) is 11.7. The van der Waals surface area contributed by atoms with Gasteiger partial charge in [0.1, 0.15) is 0 Å². The van der Waals surface area contributed by atoms with Gasteiger partial charge in [0, 0.05) is 24.0 Å². The molecule has 4 heteroatoms. The smallest absolute Gasteiger partial charge is 0.0345 e. The zero-order valence-corrected chi connectivity index (χ0v) is 13.4. The molecule has 0 fully saturated rings. The van der Waals surface area contributed by atoms with Crippen molar-refractivity contribution in [2.75, 3.05) is 5.32 Å². The van der Waals surface area contributed by atoms with Crippen LogP contribution >= 0.6 is 24.6 Å². The Kier molecular flexibility index (Phi) is 6.97. The van der Waals surface area contributed by atoms with Crippen molar-refractivity contribution in [3.8, 4) is 0 Å². The van der Waals surface area contributed by atoms with E-state index in [1.54, 1.807) is 0 Å². The minimum atomic E-state index is 0.456. The monoisotopic (exact) mass is 284 g/mol. The molecular formula is C14H24N2S2. The molecule has 0 saturated carbocycles. The first-order chi connectivity index (χ1) is 8.52. The predicted octanol–water partition coefficient (Wildman–Crippen LogP) is 4.08. The van der Waals surface area contributed by atoms with Crippen molar-refractivity contribution < 1.29 is 0 Å². The van der Waals surface area contributed by atoms with Crippen LogP contribution in [0.2, 0.25) is 0 Å². The van der Waals surface area contributed by atoms with Gasteiger partial charge < -0.3 is 5.32 Å². The quantitative estimate of drug-likeness (QED) is 0.658. The maximum absolute atomic E-state index is 4.11. The summed E-state index contributed by atoms with van der Waals surface area (Å²) in [6, 6.07) is 7.07. The summed E-state index contributed by atoms with van der Waals surface area (Å²) >= 11 is 6.09. The first-order valence-corrected chi connectivity index (χ1v) is 7.89. The Balaban J connectivity index is 2.82. The Labute approximate surface area is 121 Å². The van der Waals surface area contributed by atoms with Gasteiger partial charge in [-0.15, -0.1) is 0 Å². The van der Waals surface area contributed by atoms with Gasteiger partial charge in [-0.05, 0) is 42.4 Å². The lowest BCUT2D eigenvalue weighted by molar-refractivity contribution is 0.896. The summed E-state index contributed by atoms with van der Waals surface area (Å²) in [4.78, 5) is 0. The van der Waals surface area contributed by atoms with E-state index in [0.717, 1.165) is 12.3 Å². The highest BCUT2D eigenvalue weighted by atomic mass is 32.2. The van der Waals surface area contributed by atoms with Gasteiger partial charge in [0.25, 0.3) is 0 Å². The molecular weight excluding hydrogens is 260 g/mol. The SMILES string of the molecule is CC(C)Nc1ccc(CSC(C)C)c(CNS)c1. The van der Waals surface area contributed by atoms with Crippen molar-refractivity contribution in [3.05, 3.63) is 29.3 Å². The molecule has 1 aromatic carbocycles. The molecule has 0 bridgehead atoms. The van der Waals surface area contributed by atoms with Crippen LogP contribution in [0.5, 0.6) is 0 Å². The van der Waals surface area contributed by atoms with Gasteiger partial charge >= 0.3 is 0 Å². The normalized spacial score (nSPS) is 11.3. The molecule has 1 aromatic rings. The molecule has 0 aliphatic heterocycles. The fraction of sp³-hybridized carbons (Fsp3) is 0.571. The number of hydrogen-bond acceptors (Lipinski definition) is 4. The maximum Gasteiger partial charge on any atom is 0.0345 e. The van der Waals surface area contributed by atoms with Crippen LogP contribution in [0.4, 0.5) is 5.69 Å². The molecule has 0 heterocycles. The van der Waals surface area contributed by atoms with Crippen LogP contribution in [0, 0.1) is 0 Å². The zero-order chi connectivity index (χ0) is 13.5. The molecule has 0 aromatic heterocycles. The fourth-order valence-corrected chi connectivity index (χ4v) is 2.66. The summed E-state index contributed by atoms with van der Waals surface area (Å²) in [6.45, 7) is 9.56. The van der Waals surface area contributed by atoms with E-state index >= 15 is 0 Å². The van der Waals surface area contributed by atoms with Crippen molar-refractivity contribution in [2.24, 2.45) is 0 Å². The lowest BCUT2D eigenvalue weighted by atomic mass is 10.1. The average molecular weight is 284 g/mol. The fourth-order valence-electron chi connectivity index (χ4n) is 1.70. The number of rotatable bonds is 7. The highest BCUT2D eigenvalue weighted by molar-refractivity contribution is 7.99. The maximum atomic E-state index is 4.11.